The molecule has 7 heteroatoms. The third kappa shape index (κ3) is 4.00. The first kappa shape index (κ1) is 17.7. The van der Waals surface area contributed by atoms with Crippen molar-refractivity contribution in [2.45, 2.75) is 51.4 Å². The molecule has 1 aliphatic heterocycles. The molecule has 0 spiro atoms. The average molecular weight is 325 g/mol. The monoisotopic (exact) mass is 325 g/mol. The van der Waals surface area contributed by atoms with E-state index in [2.05, 4.69) is 5.32 Å². The number of hydrogen-bond acceptors (Lipinski definition) is 6. The summed E-state index contributed by atoms with van der Waals surface area (Å²) < 4.78 is 11.2. The van der Waals surface area contributed by atoms with Crippen LogP contribution in [-0.4, -0.2) is 58.5 Å². The lowest BCUT2D eigenvalue weighted by Gasteiger charge is -2.42. The fourth-order valence-electron chi connectivity index (χ4n) is 2.49. The number of aliphatic hydroxyl groups excluding tert-OH is 3. The zero-order valence-electron chi connectivity index (χ0n) is 13.4. The molecule has 0 unspecified atom stereocenters. The summed E-state index contributed by atoms with van der Waals surface area (Å²) in [7, 11) is 0. The molecular weight excluding hydrogens is 302 g/mol. The van der Waals surface area contributed by atoms with Crippen molar-refractivity contribution in [3.8, 4) is 5.75 Å². The molecule has 1 amide bonds. The molecule has 5 atom stereocenters. The summed E-state index contributed by atoms with van der Waals surface area (Å²) >= 11 is 0. The number of aliphatic hydroxyl groups is 3. The molecule has 0 aliphatic carbocycles. The SMILES string of the molecule is CC(=O)N[C@H]1[C@@H](Oc2ccc(C)c(C)c2)O[C@@H](CO)[C@H](O)[C@H]1O. The van der Waals surface area contributed by atoms with Crippen LogP contribution in [-0.2, 0) is 9.53 Å². The summed E-state index contributed by atoms with van der Waals surface area (Å²) in [6, 6.07) is 4.50. The maximum Gasteiger partial charge on any atom is 0.223 e. The van der Waals surface area contributed by atoms with Gasteiger partial charge >= 0.3 is 0 Å². The standard InChI is InChI=1S/C16H23NO6/c1-8-4-5-11(6-9(8)2)22-16-13(17-10(3)19)15(21)14(20)12(7-18)23-16/h4-6,12-16,18,20-21H,7H2,1-3H3,(H,17,19)/t12-,13+,14-,15-,16-/m0/s1. The largest absolute Gasteiger partial charge is 0.463 e. The van der Waals surface area contributed by atoms with Gasteiger partial charge in [0.2, 0.25) is 12.2 Å². The average Bonchev–Trinajstić information content (AvgIpc) is 2.50. The Labute approximate surface area is 134 Å². The molecule has 1 saturated heterocycles. The smallest absolute Gasteiger partial charge is 0.223 e. The molecule has 1 heterocycles. The molecule has 1 aromatic carbocycles. The molecule has 0 saturated carbocycles. The van der Waals surface area contributed by atoms with Crippen LogP contribution in [0.5, 0.6) is 5.75 Å². The van der Waals surface area contributed by atoms with Gasteiger partial charge in [-0.25, -0.2) is 0 Å². The molecule has 4 N–H and O–H groups in total. The summed E-state index contributed by atoms with van der Waals surface area (Å²) in [4.78, 5) is 11.3. The lowest BCUT2D eigenvalue weighted by atomic mass is 9.97. The van der Waals surface area contributed by atoms with Gasteiger partial charge in [0, 0.05) is 6.92 Å². The number of benzene rings is 1. The van der Waals surface area contributed by atoms with Gasteiger partial charge in [-0.15, -0.1) is 0 Å². The minimum atomic E-state index is -1.32. The molecule has 1 fully saturated rings. The van der Waals surface area contributed by atoms with Crippen LogP contribution in [0.4, 0.5) is 0 Å². The Morgan fingerprint density at radius 3 is 2.52 bits per heavy atom. The number of ether oxygens (including phenoxy) is 2. The van der Waals surface area contributed by atoms with Crippen LogP contribution < -0.4 is 10.1 Å². The van der Waals surface area contributed by atoms with Gasteiger partial charge in [0.05, 0.1) is 6.61 Å². The summed E-state index contributed by atoms with van der Waals surface area (Å²) in [6.07, 6.45) is -4.67. The number of hydrogen-bond donors (Lipinski definition) is 4. The highest BCUT2D eigenvalue weighted by Crippen LogP contribution is 2.25. The van der Waals surface area contributed by atoms with E-state index in [1.54, 1.807) is 6.07 Å². The summed E-state index contributed by atoms with van der Waals surface area (Å²) in [5.74, 6) is 0.120. The molecule has 0 aromatic heterocycles. The zero-order chi connectivity index (χ0) is 17.1. The van der Waals surface area contributed by atoms with Crippen molar-refractivity contribution in [2.75, 3.05) is 6.61 Å². The van der Waals surface area contributed by atoms with Crippen molar-refractivity contribution in [3.05, 3.63) is 29.3 Å². The topological polar surface area (TPSA) is 108 Å². The quantitative estimate of drug-likeness (QED) is 0.601. The minimum absolute atomic E-state index is 0.388. The number of aryl methyl sites for hydroxylation is 2. The van der Waals surface area contributed by atoms with Gasteiger partial charge in [0.1, 0.15) is 30.1 Å². The van der Waals surface area contributed by atoms with E-state index >= 15 is 0 Å². The predicted octanol–water partition coefficient (Wildman–Crippen LogP) is -0.374. The molecule has 1 aromatic rings. The molecular formula is C16H23NO6. The van der Waals surface area contributed by atoms with Gasteiger partial charge in [-0.2, -0.15) is 0 Å². The van der Waals surface area contributed by atoms with Crippen LogP contribution in [0.3, 0.4) is 0 Å². The van der Waals surface area contributed by atoms with Crippen molar-refractivity contribution >= 4 is 5.91 Å². The van der Waals surface area contributed by atoms with Gasteiger partial charge in [0.15, 0.2) is 0 Å². The molecule has 0 radical (unpaired) electrons. The summed E-state index contributed by atoms with van der Waals surface area (Å²) in [5.41, 5.74) is 2.12. The highest BCUT2D eigenvalue weighted by molar-refractivity contribution is 5.73. The second-order valence-electron chi connectivity index (χ2n) is 5.80. The first-order chi connectivity index (χ1) is 10.8. The lowest BCUT2D eigenvalue weighted by Crippen LogP contribution is -2.65. The maximum atomic E-state index is 11.3. The molecule has 7 nitrogen and oxygen atoms in total. The van der Waals surface area contributed by atoms with E-state index in [0.717, 1.165) is 11.1 Å². The van der Waals surface area contributed by atoms with Crippen LogP contribution in [0.15, 0.2) is 18.2 Å². The predicted molar refractivity (Wildman–Crippen MR) is 81.9 cm³/mol. The van der Waals surface area contributed by atoms with E-state index in [-0.39, 0.29) is 5.91 Å². The molecule has 23 heavy (non-hydrogen) atoms. The van der Waals surface area contributed by atoms with E-state index in [1.165, 1.54) is 6.92 Å². The number of carbonyl (C=O) groups excluding carboxylic acids is 1. The number of amides is 1. The number of nitrogens with one attached hydrogen (secondary N) is 1. The first-order valence-corrected chi connectivity index (χ1v) is 7.47. The molecule has 128 valence electrons. The Balaban J connectivity index is 2.23. The number of carbonyl (C=O) groups is 1. The fourth-order valence-corrected chi connectivity index (χ4v) is 2.49. The van der Waals surface area contributed by atoms with E-state index in [4.69, 9.17) is 9.47 Å². The molecule has 0 bridgehead atoms. The Hall–Kier alpha value is -1.67. The summed E-state index contributed by atoms with van der Waals surface area (Å²) in [6.45, 7) is 4.73. The highest BCUT2D eigenvalue weighted by Gasteiger charge is 2.46. The fraction of sp³-hybridized carbons (Fsp3) is 0.562. The van der Waals surface area contributed by atoms with Gasteiger partial charge in [-0.3, -0.25) is 4.79 Å². The molecule has 1 aliphatic rings. The third-order valence-corrected chi connectivity index (χ3v) is 3.98. The number of rotatable bonds is 4. The van der Waals surface area contributed by atoms with Crippen LogP contribution in [0, 0.1) is 13.8 Å². The van der Waals surface area contributed by atoms with Gasteiger partial charge in [-0.1, -0.05) is 6.07 Å². The van der Waals surface area contributed by atoms with Gasteiger partial charge in [-0.05, 0) is 37.1 Å². The van der Waals surface area contributed by atoms with E-state index in [1.807, 2.05) is 26.0 Å². The minimum Gasteiger partial charge on any atom is -0.463 e. The Bertz CT molecular complexity index is 564. The van der Waals surface area contributed by atoms with Crippen molar-refractivity contribution in [1.29, 1.82) is 0 Å². The maximum absolute atomic E-state index is 11.3. The van der Waals surface area contributed by atoms with E-state index < -0.39 is 37.3 Å². The Morgan fingerprint density at radius 2 is 1.96 bits per heavy atom. The van der Waals surface area contributed by atoms with Crippen LogP contribution in [0.2, 0.25) is 0 Å². The van der Waals surface area contributed by atoms with Crippen molar-refractivity contribution in [3.63, 3.8) is 0 Å². The van der Waals surface area contributed by atoms with Crippen LogP contribution in [0.1, 0.15) is 18.1 Å². The van der Waals surface area contributed by atoms with E-state index in [9.17, 15) is 20.1 Å². The molecule has 2 rings (SSSR count). The third-order valence-electron chi connectivity index (χ3n) is 3.98. The van der Waals surface area contributed by atoms with Crippen molar-refractivity contribution in [1.82, 2.24) is 5.32 Å². The first-order valence-electron chi connectivity index (χ1n) is 7.47. The normalized spacial score (nSPS) is 30.8. The van der Waals surface area contributed by atoms with Crippen LogP contribution >= 0.6 is 0 Å². The zero-order valence-corrected chi connectivity index (χ0v) is 13.4. The van der Waals surface area contributed by atoms with Crippen molar-refractivity contribution in [2.24, 2.45) is 0 Å². The van der Waals surface area contributed by atoms with Crippen LogP contribution in [0.25, 0.3) is 0 Å². The van der Waals surface area contributed by atoms with E-state index in [0.29, 0.717) is 5.75 Å². The highest BCUT2D eigenvalue weighted by atomic mass is 16.7. The summed E-state index contributed by atoms with van der Waals surface area (Å²) in [5, 5.41) is 31.9. The second-order valence-corrected chi connectivity index (χ2v) is 5.80. The Kier molecular flexibility index (Phi) is 5.59. The Morgan fingerprint density at radius 1 is 1.26 bits per heavy atom. The van der Waals surface area contributed by atoms with Gasteiger partial charge < -0.3 is 30.1 Å². The lowest BCUT2D eigenvalue weighted by molar-refractivity contribution is -0.244. The second kappa shape index (κ2) is 7.27. The van der Waals surface area contributed by atoms with Gasteiger partial charge in [0.25, 0.3) is 0 Å². The van der Waals surface area contributed by atoms with Crippen molar-refractivity contribution < 1.29 is 29.6 Å².